The van der Waals surface area contributed by atoms with Crippen molar-refractivity contribution in [2.24, 2.45) is 5.92 Å². The summed E-state index contributed by atoms with van der Waals surface area (Å²) in [7, 11) is 0. The Hall–Kier alpha value is -3.09. The molecule has 178 valence electrons. The Labute approximate surface area is 190 Å². The molecule has 0 bridgehead atoms. The minimum absolute atomic E-state index is 0.0462. The maximum atomic E-state index is 12.3. The number of nitrogens with zero attached hydrogens (tertiary/aromatic N) is 1. The van der Waals surface area contributed by atoms with E-state index in [2.05, 4.69) is 15.6 Å². The Kier molecular flexibility index (Phi) is 8.31. The quantitative estimate of drug-likeness (QED) is 0.242. The topological polar surface area (TPSA) is 170 Å². The molecule has 33 heavy (non-hydrogen) atoms. The number of aliphatic hydroxyl groups excluding tert-OH is 3. The molecule has 0 spiro atoms. The molecule has 2 heterocycles. The van der Waals surface area contributed by atoms with Gasteiger partial charge in [-0.3, -0.25) is 14.6 Å². The normalized spacial score (nSPS) is 24.7. The molecule has 4 unspecified atom stereocenters. The fraction of sp³-hybridized carbons (Fsp3) is 0.409. The summed E-state index contributed by atoms with van der Waals surface area (Å²) in [6.45, 7) is -0.644. The van der Waals surface area contributed by atoms with Gasteiger partial charge in [-0.2, -0.15) is 0 Å². The van der Waals surface area contributed by atoms with Gasteiger partial charge in [0, 0.05) is 30.4 Å². The molecule has 2 aromatic rings. The summed E-state index contributed by atoms with van der Waals surface area (Å²) in [5, 5.41) is 45.2. The highest BCUT2D eigenvalue weighted by atomic mass is 16.8. The summed E-state index contributed by atoms with van der Waals surface area (Å²) in [6.07, 6.45) is -0.260. The van der Waals surface area contributed by atoms with Gasteiger partial charge >= 0.3 is 5.97 Å². The molecule has 3 rings (SSSR count). The maximum Gasteiger partial charge on any atom is 0.354 e. The summed E-state index contributed by atoms with van der Waals surface area (Å²) >= 11 is 0. The van der Waals surface area contributed by atoms with E-state index in [-0.39, 0.29) is 37.8 Å². The minimum atomic E-state index is -2.57. The van der Waals surface area contributed by atoms with E-state index in [1.165, 1.54) is 6.07 Å². The fourth-order valence-electron chi connectivity index (χ4n) is 3.22. The van der Waals surface area contributed by atoms with Crippen molar-refractivity contribution >= 4 is 11.8 Å². The van der Waals surface area contributed by atoms with Gasteiger partial charge in [0.2, 0.25) is 11.8 Å². The van der Waals surface area contributed by atoms with Crippen LogP contribution in [0, 0.1) is 5.92 Å². The van der Waals surface area contributed by atoms with Gasteiger partial charge in [-0.1, -0.05) is 24.3 Å². The van der Waals surface area contributed by atoms with E-state index in [0.29, 0.717) is 5.56 Å². The second-order valence-corrected chi connectivity index (χ2v) is 7.62. The average molecular weight is 461 g/mol. The zero-order valence-electron chi connectivity index (χ0n) is 17.8. The van der Waals surface area contributed by atoms with Crippen molar-refractivity contribution in [3.63, 3.8) is 0 Å². The van der Waals surface area contributed by atoms with Gasteiger partial charge in [0.1, 0.15) is 5.75 Å². The lowest BCUT2D eigenvalue weighted by molar-refractivity contribution is -0.399. The Morgan fingerprint density at radius 1 is 1.15 bits per heavy atom. The van der Waals surface area contributed by atoms with E-state index >= 15 is 0 Å². The van der Waals surface area contributed by atoms with E-state index in [0.717, 1.165) is 5.56 Å². The van der Waals surface area contributed by atoms with E-state index < -0.39 is 36.6 Å². The number of ether oxygens (including phenoxy) is 2. The third kappa shape index (κ3) is 6.46. The smallest absolute Gasteiger partial charge is 0.354 e. The number of carbonyl (C=O) groups is 2. The summed E-state index contributed by atoms with van der Waals surface area (Å²) in [5.41, 5.74) is 1.18. The predicted octanol–water partition coefficient (Wildman–Crippen LogP) is -1.56. The van der Waals surface area contributed by atoms with Crippen LogP contribution in [0.2, 0.25) is 0 Å². The van der Waals surface area contributed by atoms with Gasteiger partial charge < -0.3 is 40.5 Å². The molecule has 1 aliphatic heterocycles. The molecule has 1 aromatic carbocycles. The zero-order valence-corrected chi connectivity index (χ0v) is 17.8. The lowest BCUT2D eigenvalue weighted by Gasteiger charge is -2.42. The van der Waals surface area contributed by atoms with E-state index in [1.54, 1.807) is 36.7 Å². The number of hydrogen-bond donors (Lipinski definition) is 6. The van der Waals surface area contributed by atoms with Crippen LogP contribution in [0.3, 0.4) is 0 Å². The van der Waals surface area contributed by atoms with Crippen LogP contribution in [0.25, 0.3) is 0 Å². The summed E-state index contributed by atoms with van der Waals surface area (Å²) < 4.78 is 10.6. The molecule has 1 aromatic heterocycles. The molecule has 6 N–H and O–H groups in total. The van der Waals surface area contributed by atoms with Gasteiger partial charge in [-0.05, 0) is 17.7 Å². The molecule has 1 fully saturated rings. The third-order valence-electron chi connectivity index (χ3n) is 5.16. The summed E-state index contributed by atoms with van der Waals surface area (Å²) in [5.74, 6) is -4.15. The SMILES string of the molecule is O=C(CNC(=O)Cc1ccccc1OC1(O)OCC(CO)C(O)C1O)NCc1cccnc1. The van der Waals surface area contributed by atoms with Gasteiger partial charge in [0.15, 0.2) is 6.10 Å². The summed E-state index contributed by atoms with van der Waals surface area (Å²) in [6, 6.07) is 9.84. The average Bonchev–Trinajstić information content (AvgIpc) is 2.82. The molecule has 0 radical (unpaired) electrons. The van der Waals surface area contributed by atoms with Gasteiger partial charge in [-0.15, -0.1) is 0 Å². The first kappa shape index (κ1) is 24.6. The van der Waals surface area contributed by atoms with Crippen LogP contribution in [0.4, 0.5) is 0 Å². The van der Waals surface area contributed by atoms with Crippen LogP contribution in [0.15, 0.2) is 48.8 Å². The summed E-state index contributed by atoms with van der Waals surface area (Å²) in [4.78, 5) is 28.3. The molecule has 1 aliphatic rings. The number of para-hydroxylation sites is 1. The minimum Gasteiger partial charge on any atom is -0.437 e. The third-order valence-corrected chi connectivity index (χ3v) is 5.16. The van der Waals surface area contributed by atoms with Crippen molar-refractivity contribution in [3.8, 4) is 5.75 Å². The van der Waals surface area contributed by atoms with Gasteiger partial charge in [0.05, 0.1) is 32.3 Å². The van der Waals surface area contributed by atoms with Crippen molar-refractivity contribution in [2.75, 3.05) is 19.8 Å². The van der Waals surface area contributed by atoms with Gasteiger partial charge in [-0.25, -0.2) is 0 Å². The first-order chi connectivity index (χ1) is 15.8. The molecular weight excluding hydrogens is 434 g/mol. The highest BCUT2D eigenvalue weighted by Crippen LogP contribution is 2.31. The van der Waals surface area contributed by atoms with Crippen molar-refractivity contribution in [2.45, 2.75) is 31.1 Å². The first-order valence-corrected chi connectivity index (χ1v) is 10.3. The molecular formula is C22H27N3O8. The number of aromatic nitrogens is 1. The van der Waals surface area contributed by atoms with Crippen molar-refractivity contribution in [3.05, 3.63) is 59.9 Å². The van der Waals surface area contributed by atoms with E-state index in [4.69, 9.17) is 9.47 Å². The standard InChI is InChI=1S/C22H27N3O8/c26-12-16-13-32-22(31,21(30)20(16)29)33-17-6-2-1-5-15(17)8-18(27)25-11-19(28)24-10-14-4-3-7-23-9-14/h1-7,9,16,20-21,26,29-31H,8,10-13H2,(H,24,28)(H,25,27). The van der Waals surface area contributed by atoms with Crippen molar-refractivity contribution < 1.29 is 39.5 Å². The first-order valence-electron chi connectivity index (χ1n) is 10.3. The zero-order chi connectivity index (χ0) is 23.8. The van der Waals surface area contributed by atoms with E-state index in [1.807, 2.05) is 6.07 Å². The number of nitrogens with one attached hydrogen (secondary N) is 2. The number of hydrogen-bond acceptors (Lipinski definition) is 9. The second-order valence-electron chi connectivity index (χ2n) is 7.62. The number of pyridine rings is 1. The molecule has 2 amide bonds. The van der Waals surface area contributed by atoms with E-state index in [9.17, 15) is 30.0 Å². The van der Waals surface area contributed by atoms with Crippen LogP contribution >= 0.6 is 0 Å². The van der Waals surface area contributed by atoms with Crippen LogP contribution in [-0.2, 0) is 27.3 Å². The highest BCUT2D eigenvalue weighted by molar-refractivity contribution is 5.85. The molecule has 0 aliphatic carbocycles. The lowest BCUT2D eigenvalue weighted by Crippen LogP contribution is -2.62. The number of rotatable bonds is 9. The van der Waals surface area contributed by atoms with Gasteiger partial charge in [0.25, 0.3) is 0 Å². The van der Waals surface area contributed by atoms with Crippen LogP contribution < -0.4 is 15.4 Å². The molecule has 11 nitrogen and oxygen atoms in total. The van der Waals surface area contributed by atoms with Crippen LogP contribution in [0.5, 0.6) is 5.75 Å². The van der Waals surface area contributed by atoms with Crippen LogP contribution in [-0.4, -0.2) is 75.2 Å². The predicted molar refractivity (Wildman–Crippen MR) is 113 cm³/mol. The number of amides is 2. The fourth-order valence-corrected chi connectivity index (χ4v) is 3.22. The number of carbonyl (C=O) groups excluding carboxylic acids is 2. The molecule has 11 heteroatoms. The Morgan fingerprint density at radius 2 is 1.94 bits per heavy atom. The largest absolute Gasteiger partial charge is 0.437 e. The lowest BCUT2D eigenvalue weighted by atomic mass is 9.95. The Balaban J connectivity index is 1.54. The Bertz CT molecular complexity index is 944. The molecule has 1 saturated heterocycles. The maximum absolute atomic E-state index is 12.3. The number of benzene rings is 1. The van der Waals surface area contributed by atoms with Crippen molar-refractivity contribution in [1.29, 1.82) is 0 Å². The molecule has 4 atom stereocenters. The molecule has 0 saturated carbocycles. The Morgan fingerprint density at radius 3 is 2.67 bits per heavy atom. The highest BCUT2D eigenvalue weighted by Gasteiger charge is 2.51. The monoisotopic (exact) mass is 461 g/mol. The second kappa shape index (κ2) is 11.2. The van der Waals surface area contributed by atoms with Crippen LogP contribution in [0.1, 0.15) is 11.1 Å². The van der Waals surface area contributed by atoms with Crippen molar-refractivity contribution in [1.82, 2.24) is 15.6 Å². The number of aliphatic hydroxyl groups is 4.